The molecule has 5 nitrogen and oxygen atoms in total. The van der Waals surface area contributed by atoms with Gasteiger partial charge in [0.25, 0.3) is 0 Å². The Kier molecular flexibility index (Phi) is 5.36. The third-order valence-corrected chi connectivity index (χ3v) is 6.11. The zero-order valence-corrected chi connectivity index (χ0v) is 16.5. The van der Waals surface area contributed by atoms with Gasteiger partial charge in [0.1, 0.15) is 0 Å². The highest BCUT2D eigenvalue weighted by Crippen LogP contribution is 2.31. The minimum absolute atomic E-state index is 0.0138. The van der Waals surface area contributed by atoms with Crippen molar-refractivity contribution in [2.75, 3.05) is 13.1 Å². The topological polar surface area (TPSA) is 62.5 Å². The molecule has 2 heterocycles. The van der Waals surface area contributed by atoms with E-state index >= 15 is 0 Å². The minimum atomic E-state index is -0.433. The molecule has 1 aliphatic carbocycles. The number of fused-ring (bicyclic) bond motifs is 1. The summed E-state index contributed by atoms with van der Waals surface area (Å²) in [5.74, 6) is 0.178. The van der Waals surface area contributed by atoms with Gasteiger partial charge in [0.05, 0.1) is 12.5 Å². The van der Waals surface area contributed by atoms with Gasteiger partial charge in [0, 0.05) is 43.0 Å². The molecule has 2 aliphatic rings. The molecule has 4 rings (SSSR count). The van der Waals surface area contributed by atoms with Crippen molar-refractivity contribution in [3.05, 3.63) is 58.4 Å². The highest BCUT2D eigenvalue weighted by atomic mass is 16.3. The molecule has 1 atom stereocenters. The number of Topliss-reactive ketones (excluding diaryl/α,β-unsaturated/α-hetero) is 1. The Morgan fingerprint density at radius 2 is 1.96 bits per heavy atom. The number of rotatable bonds is 4. The molecule has 0 unspecified atom stereocenters. The molecule has 0 bridgehead atoms. The Morgan fingerprint density at radius 3 is 2.71 bits per heavy atom. The first-order valence-corrected chi connectivity index (χ1v) is 10.3. The normalized spacial score (nSPS) is 19.6. The Bertz CT molecular complexity index is 885. The van der Waals surface area contributed by atoms with Crippen LogP contribution in [0.1, 0.15) is 58.6 Å². The molecule has 2 aromatic rings. The van der Waals surface area contributed by atoms with Crippen LogP contribution in [0.5, 0.6) is 0 Å². The molecule has 148 valence electrons. The summed E-state index contributed by atoms with van der Waals surface area (Å²) in [6.45, 7) is 3.84. The first-order valence-electron chi connectivity index (χ1n) is 10.3. The third-order valence-electron chi connectivity index (χ3n) is 6.11. The molecule has 5 heteroatoms. The van der Waals surface area contributed by atoms with Crippen LogP contribution in [0.2, 0.25) is 0 Å². The second-order valence-electron chi connectivity index (χ2n) is 8.05. The van der Waals surface area contributed by atoms with Crippen molar-refractivity contribution in [3.63, 3.8) is 0 Å². The molecule has 1 aromatic carbocycles. The van der Waals surface area contributed by atoms with Crippen molar-refractivity contribution in [1.82, 2.24) is 9.47 Å². The first kappa shape index (κ1) is 18.9. The lowest BCUT2D eigenvalue weighted by Crippen LogP contribution is -2.43. The van der Waals surface area contributed by atoms with Crippen molar-refractivity contribution in [2.24, 2.45) is 0 Å². The lowest BCUT2D eigenvalue weighted by molar-refractivity contribution is -0.133. The van der Waals surface area contributed by atoms with Crippen LogP contribution in [0.15, 0.2) is 30.3 Å². The van der Waals surface area contributed by atoms with Crippen molar-refractivity contribution in [2.45, 2.75) is 58.1 Å². The van der Waals surface area contributed by atoms with Gasteiger partial charge in [-0.3, -0.25) is 9.59 Å². The summed E-state index contributed by atoms with van der Waals surface area (Å²) in [6.07, 6.45) is 3.71. The van der Waals surface area contributed by atoms with E-state index in [9.17, 15) is 14.7 Å². The molecule has 1 amide bonds. The average molecular weight is 380 g/mol. The van der Waals surface area contributed by atoms with E-state index in [1.54, 1.807) is 4.90 Å². The van der Waals surface area contributed by atoms with Crippen LogP contribution < -0.4 is 0 Å². The number of carbonyl (C=O) groups excluding carboxylic acids is 2. The van der Waals surface area contributed by atoms with Crippen LogP contribution in [0.3, 0.4) is 0 Å². The molecule has 0 saturated carbocycles. The van der Waals surface area contributed by atoms with Gasteiger partial charge in [-0.2, -0.15) is 0 Å². The minimum Gasteiger partial charge on any atom is -0.391 e. The van der Waals surface area contributed by atoms with Gasteiger partial charge in [-0.05, 0) is 43.7 Å². The highest BCUT2D eigenvalue weighted by molar-refractivity contribution is 6.01. The van der Waals surface area contributed by atoms with E-state index in [1.165, 1.54) is 5.56 Å². The van der Waals surface area contributed by atoms with Gasteiger partial charge in [0.2, 0.25) is 5.91 Å². The molecule has 1 N–H and O–H groups in total. The van der Waals surface area contributed by atoms with E-state index in [-0.39, 0.29) is 18.1 Å². The first-order chi connectivity index (χ1) is 13.5. The van der Waals surface area contributed by atoms with Crippen LogP contribution in [0.4, 0.5) is 0 Å². The van der Waals surface area contributed by atoms with E-state index < -0.39 is 6.10 Å². The maximum absolute atomic E-state index is 12.9. The van der Waals surface area contributed by atoms with Crippen LogP contribution >= 0.6 is 0 Å². The van der Waals surface area contributed by atoms with Crippen molar-refractivity contribution < 1.29 is 14.7 Å². The fourth-order valence-electron chi connectivity index (χ4n) is 4.63. The molecule has 1 saturated heterocycles. The summed E-state index contributed by atoms with van der Waals surface area (Å²) in [5, 5.41) is 9.90. The molecular formula is C23H28N2O3. The predicted octanol–water partition coefficient (Wildman–Crippen LogP) is 2.89. The summed E-state index contributed by atoms with van der Waals surface area (Å²) in [5.41, 5.74) is 4.97. The van der Waals surface area contributed by atoms with Gasteiger partial charge < -0.3 is 14.6 Å². The number of benzene rings is 1. The maximum Gasteiger partial charge on any atom is 0.227 e. The zero-order valence-electron chi connectivity index (χ0n) is 16.5. The van der Waals surface area contributed by atoms with E-state index in [4.69, 9.17) is 0 Å². The molecule has 0 spiro atoms. The van der Waals surface area contributed by atoms with E-state index in [1.807, 2.05) is 25.1 Å². The van der Waals surface area contributed by atoms with Crippen molar-refractivity contribution in [1.29, 1.82) is 0 Å². The smallest absolute Gasteiger partial charge is 0.227 e. The number of hydrogen-bond acceptors (Lipinski definition) is 3. The number of hydrogen-bond donors (Lipinski definition) is 1. The van der Waals surface area contributed by atoms with E-state index in [2.05, 4.69) is 16.7 Å². The SMILES string of the molecule is Cc1c(CC(=O)N2CCC[C@@H](O)C2)c2c(n1Cc1ccccc1)CCCC2=O. The van der Waals surface area contributed by atoms with Crippen LogP contribution in [0, 0.1) is 6.92 Å². The Balaban J connectivity index is 1.66. The standard InChI is InChI=1S/C23H28N2O3/c1-16-19(13-22(28)24-12-6-9-18(26)15-24)23-20(10-5-11-21(23)27)25(16)14-17-7-3-2-4-8-17/h2-4,7-8,18,26H,5-6,9-15H2,1H3/t18-/m1/s1. The zero-order chi connectivity index (χ0) is 19.7. The average Bonchev–Trinajstić information content (AvgIpc) is 2.96. The molecule has 1 aromatic heterocycles. The molecule has 28 heavy (non-hydrogen) atoms. The highest BCUT2D eigenvalue weighted by Gasteiger charge is 2.30. The van der Waals surface area contributed by atoms with Gasteiger partial charge >= 0.3 is 0 Å². The number of β-amino-alcohol motifs (C(OH)–C–C–N with tert-alkyl or cyclic N) is 1. The number of nitrogens with zero attached hydrogens (tertiary/aromatic N) is 2. The number of aliphatic hydroxyl groups is 1. The summed E-state index contributed by atoms with van der Waals surface area (Å²) >= 11 is 0. The Labute approximate surface area is 166 Å². The van der Waals surface area contributed by atoms with Crippen molar-refractivity contribution >= 4 is 11.7 Å². The van der Waals surface area contributed by atoms with Crippen LogP contribution in [0.25, 0.3) is 0 Å². The summed E-state index contributed by atoms with van der Waals surface area (Å²) < 4.78 is 2.23. The number of carbonyl (C=O) groups is 2. The Morgan fingerprint density at radius 1 is 1.18 bits per heavy atom. The monoisotopic (exact) mass is 380 g/mol. The molecule has 1 fully saturated rings. The molecule has 1 aliphatic heterocycles. The quantitative estimate of drug-likeness (QED) is 0.887. The van der Waals surface area contributed by atoms with Gasteiger partial charge in [-0.25, -0.2) is 0 Å². The van der Waals surface area contributed by atoms with Crippen molar-refractivity contribution in [3.8, 4) is 0 Å². The van der Waals surface area contributed by atoms with E-state index in [0.29, 0.717) is 19.5 Å². The third kappa shape index (κ3) is 3.63. The molecular weight excluding hydrogens is 352 g/mol. The second-order valence-corrected chi connectivity index (χ2v) is 8.05. The number of piperidine rings is 1. The number of ketones is 1. The molecule has 0 radical (unpaired) electrons. The van der Waals surface area contributed by atoms with Gasteiger partial charge in [0.15, 0.2) is 5.78 Å². The maximum atomic E-state index is 12.9. The lowest BCUT2D eigenvalue weighted by atomic mass is 9.91. The number of aromatic nitrogens is 1. The predicted molar refractivity (Wildman–Crippen MR) is 108 cm³/mol. The number of aliphatic hydroxyl groups excluding tert-OH is 1. The number of amides is 1. The fraction of sp³-hybridized carbons (Fsp3) is 0.478. The summed E-state index contributed by atoms with van der Waals surface area (Å²) in [4.78, 5) is 27.4. The van der Waals surface area contributed by atoms with Crippen LogP contribution in [-0.4, -0.2) is 45.5 Å². The fourth-order valence-corrected chi connectivity index (χ4v) is 4.63. The summed E-state index contributed by atoms with van der Waals surface area (Å²) in [6, 6.07) is 10.2. The Hall–Kier alpha value is -2.40. The largest absolute Gasteiger partial charge is 0.391 e. The second kappa shape index (κ2) is 7.92. The summed E-state index contributed by atoms with van der Waals surface area (Å²) in [7, 11) is 0. The van der Waals surface area contributed by atoms with Gasteiger partial charge in [-0.1, -0.05) is 30.3 Å². The number of likely N-dealkylation sites (tertiary alicyclic amines) is 1. The van der Waals surface area contributed by atoms with Gasteiger partial charge in [-0.15, -0.1) is 0 Å². The lowest BCUT2D eigenvalue weighted by Gasteiger charge is -2.30. The van der Waals surface area contributed by atoms with E-state index in [0.717, 1.165) is 54.7 Å². The van der Waals surface area contributed by atoms with Crippen LogP contribution in [-0.2, 0) is 24.2 Å².